The van der Waals surface area contributed by atoms with Crippen LogP contribution in [0.4, 0.5) is 0 Å². The fourth-order valence-corrected chi connectivity index (χ4v) is 8.39. The number of carbonyl (C=O) groups excluding carboxylic acids is 3. The van der Waals surface area contributed by atoms with Crippen LogP contribution in [-0.4, -0.2) is 37.2 Å². The number of ether oxygens (including phenoxy) is 3. The molecule has 0 aromatic heterocycles. The van der Waals surface area contributed by atoms with Crippen LogP contribution in [0.2, 0.25) is 0 Å². The molecular formula is C69H114O6. The van der Waals surface area contributed by atoms with E-state index >= 15 is 0 Å². The van der Waals surface area contributed by atoms with E-state index in [0.29, 0.717) is 12.8 Å². The van der Waals surface area contributed by atoms with E-state index in [9.17, 15) is 14.4 Å². The fraction of sp³-hybridized carbons (Fsp3) is 0.667. The highest BCUT2D eigenvalue weighted by Gasteiger charge is 2.19. The van der Waals surface area contributed by atoms with Crippen molar-refractivity contribution in [3.63, 3.8) is 0 Å². The van der Waals surface area contributed by atoms with Crippen LogP contribution in [0.3, 0.4) is 0 Å². The molecule has 0 heterocycles. The van der Waals surface area contributed by atoms with Crippen LogP contribution >= 0.6 is 0 Å². The highest BCUT2D eigenvalue weighted by Crippen LogP contribution is 2.16. The molecule has 0 rings (SSSR count). The highest BCUT2D eigenvalue weighted by molar-refractivity contribution is 5.72. The molecule has 0 N–H and O–H groups in total. The number of rotatable bonds is 55. The highest BCUT2D eigenvalue weighted by atomic mass is 16.6. The van der Waals surface area contributed by atoms with E-state index in [2.05, 4.69) is 130 Å². The summed E-state index contributed by atoms with van der Waals surface area (Å²) in [4.78, 5) is 38.1. The topological polar surface area (TPSA) is 78.9 Å². The largest absolute Gasteiger partial charge is 0.462 e. The van der Waals surface area contributed by atoms with Gasteiger partial charge in [0.2, 0.25) is 0 Å². The van der Waals surface area contributed by atoms with Gasteiger partial charge in [-0.05, 0) is 109 Å². The summed E-state index contributed by atoms with van der Waals surface area (Å²) in [5.41, 5.74) is 0. The molecule has 0 radical (unpaired) electrons. The summed E-state index contributed by atoms with van der Waals surface area (Å²) in [5, 5.41) is 0. The lowest BCUT2D eigenvalue weighted by atomic mass is 10.0. The van der Waals surface area contributed by atoms with Crippen LogP contribution in [-0.2, 0) is 28.6 Å². The Morgan fingerprint density at radius 3 is 0.893 bits per heavy atom. The molecule has 0 fully saturated rings. The zero-order valence-corrected chi connectivity index (χ0v) is 48.8. The van der Waals surface area contributed by atoms with Crippen LogP contribution in [0.5, 0.6) is 0 Å². The molecule has 0 aromatic carbocycles. The van der Waals surface area contributed by atoms with Crippen molar-refractivity contribution in [3.05, 3.63) is 122 Å². The van der Waals surface area contributed by atoms with Crippen molar-refractivity contribution in [2.45, 2.75) is 284 Å². The van der Waals surface area contributed by atoms with Crippen molar-refractivity contribution in [1.29, 1.82) is 0 Å². The van der Waals surface area contributed by atoms with Crippen molar-refractivity contribution >= 4 is 17.9 Å². The van der Waals surface area contributed by atoms with Crippen molar-refractivity contribution in [3.8, 4) is 0 Å². The van der Waals surface area contributed by atoms with E-state index in [1.165, 1.54) is 128 Å². The summed E-state index contributed by atoms with van der Waals surface area (Å²) in [6.07, 6.45) is 86.7. The maximum absolute atomic E-state index is 12.8. The summed E-state index contributed by atoms with van der Waals surface area (Å²) in [6.45, 7) is 6.31. The average Bonchev–Trinajstić information content (AvgIpc) is 3.41. The second-order valence-corrected chi connectivity index (χ2v) is 20.2. The van der Waals surface area contributed by atoms with E-state index in [1.54, 1.807) is 6.08 Å². The number of allylic oxidation sites excluding steroid dienone is 19. The monoisotopic (exact) mass is 1040 g/mol. The van der Waals surface area contributed by atoms with E-state index in [0.717, 1.165) is 109 Å². The molecule has 0 saturated heterocycles. The van der Waals surface area contributed by atoms with Gasteiger partial charge in [-0.25, -0.2) is 0 Å². The molecule has 1 unspecified atom stereocenters. The quantitative estimate of drug-likeness (QED) is 0.0261. The van der Waals surface area contributed by atoms with Crippen molar-refractivity contribution < 1.29 is 28.6 Å². The van der Waals surface area contributed by atoms with Gasteiger partial charge in [0, 0.05) is 12.8 Å². The van der Waals surface area contributed by atoms with Gasteiger partial charge in [0.1, 0.15) is 13.2 Å². The first-order valence-electron chi connectivity index (χ1n) is 31.0. The maximum Gasteiger partial charge on any atom is 0.310 e. The van der Waals surface area contributed by atoms with Crippen molar-refractivity contribution in [2.75, 3.05) is 13.2 Å². The zero-order valence-electron chi connectivity index (χ0n) is 48.8. The predicted molar refractivity (Wildman–Crippen MR) is 325 cm³/mol. The Labute approximate surface area is 462 Å². The standard InChI is InChI=1S/C69H114O6/c1-4-7-10-13-16-19-22-25-27-28-29-30-31-32-33-34-35-36-37-38-39-40-42-44-47-50-53-56-59-62-68(71)74-65-66(64-73-67(70)61-58-55-52-49-46-43-24-21-18-15-12-9-6-3)75-69(72)63-60-57-54-51-48-45-41-26-23-20-17-14-11-8-5-2/h7-8,10-11,16-17,19-21,24-27,29-30,41,48,51,57,60,66H,4-6,9,12-15,18,22-23,28,31-40,42-47,49-50,52-56,58-59,61-65H2,1-3H3/b10-7-,11-8-,19-16-,20-17-,24-21-,27-25-,30-29-,41-26-,51-48-,60-57-. The zero-order chi connectivity index (χ0) is 54.3. The van der Waals surface area contributed by atoms with E-state index in [4.69, 9.17) is 14.2 Å². The lowest BCUT2D eigenvalue weighted by molar-refractivity contribution is -0.166. The van der Waals surface area contributed by atoms with Gasteiger partial charge >= 0.3 is 17.9 Å². The molecule has 0 amide bonds. The van der Waals surface area contributed by atoms with Gasteiger partial charge in [-0.2, -0.15) is 0 Å². The molecule has 0 saturated carbocycles. The third kappa shape index (κ3) is 60.6. The Balaban J connectivity index is 4.29. The second-order valence-electron chi connectivity index (χ2n) is 20.2. The molecule has 0 spiro atoms. The fourth-order valence-electron chi connectivity index (χ4n) is 8.39. The minimum absolute atomic E-state index is 0.0932. The Hall–Kier alpha value is -4.19. The van der Waals surface area contributed by atoms with Crippen LogP contribution in [0.25, 0.3) is 0 Å². The third-order valence-corrected chi connectivity index (χ3v) is 13.0. The minimum atomic E-state index is -0.837. The van der Waals surface area contributed by atoms with Crippen molar-refractivity contribution in [1.82, 2.24) is 0 Å². The first kappa shape index (κ1) is 70.8. The molecule has 6 nitrogen and oxygen atoms in total. The van der Waals surface area contributed by atoms with Crippen LogP contribution in [0, 0.1) is 0 Å². The Kier molecular flexibility index (Phi) is 58.9. The number of hydrogen-bond donors (Lipinski definition) is 0. The van der Waals surface area contributed by atoms with Crippen LogP contribution < -0.4 is 0 Å². The first-order valence-corrected chi connectivity index (χ1v) is 31.0. The maximum atomic E-state index is 12.8. The molecule has 0 bridgehead atoms. The van der Waals surface area contributed by atoms with Crippen LogP contribution in [0.1, 0.15) is 278 Å². The SMILES string of the molecule is CC/C=C\C/C=C\C/C=C\C/C=C\C/C=C\CC(=O)OC(COC(=O)CCCCCCC/C=C\CCCCCC)COC(=O)CCCCCCCCCCCCCCCCCC/C=C\C/C=C\C/C=C\C/C=C\CC. The Bertz CT molecular complexity index is 1570. The average molecular weight is 1040 g/mol. The van der Waals surface area contributed by atoms with E-state index in [1.807, 2.05) is 6.08 Å². The summed E-state index contributed by atoms with van der Waals surface area (Å²) >= 11 is 0. The van der Waals surface area contributed by atoms with E-state index in [-0.39, 0.29) is 31.6 Å². The van der Waals surface area contributed by atoms with E-state index < -0.39 is 12.1 Å². The number of carbonyl (C=O) groups is 3. The lowest BCUT2D eigenvalue weighted by Gasteiger charge is -2.18. The molecular weight excluding hydrogens is 925 g/mol. The van der Waals surface area contributed by atoms with Gasteiger partial charge in [0.15, 0.2) is 6.10 Å². The first-order chi connectivity index (χ1) is 37.0. The van der Waals surface area contributed by atoms with Crippen molar-refractivity contribution in [2.24, 2.45) is 0 Å². The second kappa shape index (κ2) is 62.4. The van der Waals surface area contributed by atoms with Gasteiger partial charge < -0.3 is 14.2 Å². The number of hydrogen-bond acceptors (Lipinski definition) is 6. The summed E-state index contributed by atoms with van der Waals surface area (Å²) in [5.74, 6) is -1.06. The molecule has 0 aliphatic heterocycles. The number of unbranched alkanes of at least 4 members (excludes halogenated alkanes) is 25. The molecule has 426 valence electrons. The van der Waals surface area contributed by atoms with Gasteiger partial charge in [-0.1, -0.05) is 271 Å². The molecule has 6 heteroatoms. The lowest BCUT2D eigenvalue weighted by Crippen LogP contribution is -2.30. The normalized spacial score (nSPS) is 12.9. The smallest absolute Gasteiger partial charge is 0.310 e. The summed E-state index contributed by atoms with van der Waals surface area (Å²) in [6, 6.07) is 0. The molecule has 1 atom stereocenters. The molecule has 0 aromatic rings. The van der Waals surface area contributed by atoms with Gasteiger partial charge in [-0.15, -0.1) is 0 Å². The van der Waals surface area contributed by atoms with Gasteiger partial charge in [0.25, 0.3) is 0 Å². The summed E-state index contributed by atoms with van der Waals surface area (Å²) in [7, 11) is 0. The molecule has 0 aliphatic rings. The number of esters is 3. The predicted octanol–water partition coefficient (Wildman–Crippen LogP) is 21.2. The van der Waals surface area contributed by atoms with Crippen LogP contribution in [0.15, 0.2) is 122 Å². The molecule has 0 aliphatic carbocycles. The Morgan fingerprint density at radius 2 is 0.560 bits per heavy atom. The minimum Gasteiger partial charge on any atom is -0.462 e. The summed E-state index contributed by atoms with van der Waals surface area (Å²) < 4.78 is 16.8. The third-order valence-electron chi connectivity index (χ3n) is 13.0. The Morgan fingerprint density at radius 1 is 0.293 bits per heavy atom. The molecule has 75 heavy (non-hydrogen) atoms. The van der Waals surface area contributed by atoms with Gasteiger partial charge in [0.05, 0.1) is 6.42 Å². The van der Waals surface area contributed by atoms with Gasteiger partial charge in [-0.3, -0.25) is 14.4 Å².